The highest BCUT2D eigenvalue weighted by Crippen LogP contribution is 2.26. The number of benzene rings is 2. The average molecular weight is 439 g/mol. The molecule has 168 valence electrons. The van der Waals surface area contributed by atoms with Gasteiger partial charge >= 0.3 is 0 Å². The van der Waals surface area contributed by atoms with Gasteiger partial charge < -0.3 is 15.0 Å². The maximum atomic E-state index is 14.8. The molecule has 2 aliphatic rings. The standard InChI is InChI=1S/C24H27FN4O3/c1-16-13-28(14-17(2)32-16)22-10-8-19(12-20(22)25)26-24(31)21-9-11-23(30)29(27-21)15-18-6-4-3-5-7-18/h3-8,10,12,16-17H,9,11,13-15H2,1-2H3,(H,26,31). The van der Waals surface area contributed by atoms with Crippen LogP contribution in [0, 0.1) is 5.82 Å². The normalized spacial score (nSPS) is 21.3. The molecule has 1 saturated heterocycles. The highest BCUT2D eigenvalue weighted by Gasteiger charge is 2.26. The lowest BCUT2D eigenvalue weighted by Crippen LogP contribution is -2.45. The number of ether oxygens (including phenoxy) is 1. The van der Waals surface area contributed by atoms with Crippen molar-refractivity contribution in [2.45, 2.75) is 45.4 Å². The van der Waals surface area contributed by atoms with Crippen LogP contribution in [-0.4, -0.2) is 47.8 Å². The molecule has 4 rings (SSSR count). The molecule has 8 heteroatoms. The van der Waals surface area contributed by atoms with Crippen LogP contribution in [0.1, 0.15) is 32.3 Å². The molecular formula is C24H27FN4O3. The van der Waals surface area contributed by atoms with E-state index < -0.39 is 11.7 Å². The smallest absolute Gasteiger partial charge is 0.271 e. The van der Waals surface area contributed by atoms with Gasteiger partial charge in [-0.3, -0.25) is 9.59 Å². The molecule has 2 unspecified atom stereocenters. The van der Waals surface area contributed by atoms with E-state index in [-0.39, 0.29) is 36.7 Å². The van der Waals surface area contributed by atoms with Gasteiger partial charge in [-0.15, -0.1) is 0 Å². The minimum Gasteiger partial charge on any atom is -0.372 e. The summed E-state index contributed by atoms with van der Waals surface area (Å²) in [7, 11) is 0. The van der Waals surface area contributed by atoms with Crippen molar-refractivity contribution in [3.8, 4) is 0 Å². The molecule has 0 aromatic heterocycles. The van der Waals surface area contributed by atoms with Crippen molar-refractivity contribution in [3.05, 3.63) is 59.9 Å². The Morgan fingerprint density at radius 3 is 2.53 bits per heavy atom. The van der Waals surface area contributed by atoms with Crippen molar-refractivity contribution in [2.24, 2.45) is 5.10 Å². The summed E-state index contributed by atoms with van der Waals surface area (Å²) in [5.41, 5.74) is 2.01. The van der Waals surface area contributed by atoms with Gasteiger partial charge in [0.2, 0.25) is 5.91 Å². The molecular weight excluding hydrogens is 411 g/mol. The van der Waals surface area contributed by atoms with E-state index in [0.29, 0.717) is 31.0 Å². The van der Waals surface area contributed by atoms with Crippen LogP contribution in [0.15, 0.2) is 53.6 Å². The first kappa shape index (κ1) is 22.0. The van der Waals surface area contributed by atoms with Gasteiger partial charge in [0.1, 0.15) is 11.5 Å². The average Bonchev–Trinajstić information content (AvgIpc) is 2.75. The second-order valence-corrected chi connectivity index (χ2v) is 8.27. The number of nitrogens with zero attached hydrogens (tertiary/aromatic N) is 3. The Morgan fingerprint density at radius 1 is 1.12 bits per heavy atom. The molecule has 0 saturated carbocycles. The summed E-state index contributed by atoms with van der Waals surface area (Å²) in [4.78, 5) is 26.9. The van der Waals surface area contributed by atoms with Gasteiger partial charge in [-0.05, 0) is 37.6 Å². The topological polar surface area (TPSA) is 74.2 Å². The van der Waals surface area contributed by atoms with E-state index >= 15 is 0 Å². The molecule has 0 aliphatic carbocycles. The number of hydrogen-bond donors (Lipinski definition) is 1. The van der Waals surface area contributed by atoms with Gasteiger partial charge in [0, 0.05) is 31.6 Å². The first-order valence-electron chi connectivity index (χ1n) is 10.8. The number of carbonyl (C=O) groups excluding carboxylic acids is 2. The second kappa shape index (κ2) is 9.48. The van der Waals surface area contributed by atoms with E-state index in [4.69, 9.17) is 4.74 Å². The Kier molecular flexibility index (Phi) is 6.50. The van der Waals surface area contributed by atoms with Crippen LogP contribution < -0.4 is 10.2 Å². The number of morpholine rings is 1. The number of hydrogen-bond acceptors (Lipinski definition) is 5. The van der Waals surface area contributed by atoms with Crippen molar-refractivity contribution in [1.29, 1.82) is 0 Å². The Bertz CT molecular complexity index is 1020. The predicted molar refractivity (Wildman–Crippen MR) is 121 cm³/mol. The van der Waals surface area contributed by atoms with E-state index in [1.54, 1.807) is 12.1 Å². The van der Waals surface area contributed by atoms with E-state index in [2.05, 4.69) is 10.4 Å². The minimum absolute atomic E-state index is 0.0170. The maximum absolute atomic E-state index is 14.8. The van der Waals surface area contributed by atoms with Crippen LogP contribution >= 0.6 is 0 Å². The highest BCUT2D eigenvalue weighted by molar-refractivity contribution is 6.43. The molecule has 2 atom stereocenters. The van der Waals surface area contributed by atoms with Crippen molar-refractivity contribution in [1.82, 2.24) is 5.01 Å². The molecule has 32 heavy (non-hydrogen) atoms. The van der Waals surface area contributed by atoms with Crippen molar-refractivity contribution in [2.75, 3.05) is 23.3 Å². The summed E-state index contributed by atoms with van der Waals surface area (Å²) in [6.45, 7) is 5.44. The van der Waals surface area contributed by atoms with Crippen molar-refractivity contribution >= 4 is 28.9 Å². The first-order chi connectivity index (χ1) is 15.4. The molecule has 1 N–H and O–H groups in total. The lowest BCUT2D eigenvalue weighted by atomic mass is 10.1. The van der Waals surface area contributed by atoms with Crippen molar-refractivity contribution in [3.63, 3.8) is 0 Å². The quantitative estimate of drug-likeness (QED) is 0.775. The molecule has 0 bridgehead atoms. The fourth-order valence-corrected chi connectivity index (χ4v) is 4.06. The van der Waals surface area contributed by atoms with E-state index in [0.717, 1.165) is 5.56 Å². The number of hydrazone groups is 1. The lowest BCUT2D eigenvalue weighted by molar-refractivity contribution is -0.132. The zero-order chi connectivity index (χ0) is 22.7. The third-order valence-electron chi connectivity index (χ3n) is 5.51. The van der Waals surface area contributed by atoms with E-state index in [9.17, 15) is 14.0 Å². The van der Waals surface area contributed by atoms with Crippen LogP contribution in [0.2, 0.25) is 0 Å². The minimum atomic E-state index is -0.434. The maximum Gasteiger partial charge on any atom is 0.271 e. The molecule has 2 heterocycles. The monoisotopic (exact) mass is 438 g/mol. The van der Waals surface area contributed by atoms with Gasteiger partial charge in [0.25, 0.3) is 5.91 Å². The molecule has 1 fully saturated rings. The Hall–Kier alpha value is -3.26. The lowest BCUT2D eigenvalue weighted by Gasteiger charge is -2.37. The van der Waals surface area contributed by atoms with Gasteiger partial charge in [-0.25, -0.2) is 9.40 Å². The summed E-state index contributed by atoms with van der Waals surface area (Å²) in [5, 5.41) is 8.28. The predicted octanol–water partition coefficient (Wildman–Crippen LogP) is 3.56. The fourth-order valence-electron chi connectivity index (χ4n) is 4.06. The van der Waals surface area contributed by atoms with Crippen LogP contribution in [0.4, 0.5) is 15.8 Å². The van der Waals surface area contributed by atoms with Gasteiger partial charge in [-0.1, -0.05) is 30.3 Å². The number of halogens is 1. The van der Waals surface area contributed by atoms with Crippen molar-refractivity contribution < 1.29 is 18.7 Å². The Labute approximate surface area is 186 Å². The van der Waals surface area contributed by atoms with Crippen LogP contribution in [-0.2, 0) is 20.9 Å². The summed E-state index contributed by atoms with van der Waals surface area (Å²) in [6.07, 6.45) is 0.492. The molecule has 7 nitrogen and oxygen atoms in total. The zero-order valence-corrected chi connectivity index (χ0v) is 18.3. The van der Waals surface area contributed by atoms with Crippen LogP contribution in [0.25, 0.3) is 0 Å². The summed E-state index contributed by atoms with van der Waals surface area (Å²) < 4.78 is 20.5. The Balaban J connectivity index is 1.44. The fraction of sp³-hybridized carbons (Fsp3) is 0.375. The van der Waals surface area contributed by atoms with Gasteiger partial charge in [-0.2, -0.15) is 5.10 Å². The third-order valence-corrected chi connectivity index (χ3v) is 5.51. The molecule has 2 aromatic rings. The van der Waals surface area contributed by atoms with Crippen LogP contribution in [0.5, 0.6) is 0 Å². The highest BCUT2D eigenvalue weighted by atomic mass is 19.1. The van der Waals surface area contributed by atoms with Gasteiger partial charge in [0.15, 0.2) is 0 Å². The molecule has 0 spiro atoms. The number of amides is 2. The number of nitrogens with one attached hydrogen (secondary N) is 1. The molecule has 0 radical (unpaired) electrons. The number of rotatable bonds is 5. The molecule has 2 aromatic carbocycles. The number of carbonyl (C=O) groups is 2. The van der Waals surface area contributed by atoms with E-state index in [1.165, 1.54) is 11.1 Å². The summed E-state index contributed by atoms with van der Waals surface area (Å²) >= 11 is 0. The molecule has 2 amide bonds. The largest absolute Gasteiger partial charge is 0.372 e. The SMILES string of the molecule is CC1CN(c2ccc(NC(=O)C3=NN(Cc4ccccc4)C(=O)CC3)cc2F)CC(C)O1. The summed E-state index contributed by atoms with van der Waals surface area (Å²) in [5.74, 6) is -0.971. The van der Waals surface area contributed by atoms with E-state index in [1.807, 2.05) is 49.1 Å². The molecule has 2 aliphatic heterocycles. The Morgan fingerprint density at radius 2 is 1.84 bits per heavy atom. The van der Waals surface area contributed by atoms with Crippen LogP contribution in [0.3, 0.4) is 0 Å². The first-order valence-corrected chi connectivity index (χ1v) is 10.8. The summed E-state index contributed by atoms with van der Waals surface area (Å²) in [6, 6.07) is 14.1. The third kappa shape index (κ3) is 5.13. The van der Waals surface area contributed by atoms with Gasteiger partial charge in [0.05, 0.1) is 24.4 Å². The zero-order valence-electron chi connectivity index (χ0n) is 18.3. The number of anilines is 2. The second-order valence-electron chi connectivity index (χ2n) is 8.27.